The minimum atomic E-state index is -0.561. The first-order valence-electron chi connectivity index (χ1n) is 11.9. The van der Waals surface area contributed by atoms with E-state index in [0.29, 0.717) is 22.8 Å². The van der Waals surface area contributed by atoms with Gasteiger partial charge in [-0.25, -0.2) is 4.79 Å². The van der Waals surface area contributed by atoms with Gasteiger partial charge in [0.05, 0.1) is 0 Å². The Bertz CT molecular complexity index is 1140. The number of carbonyl (C=O) groups is 2. The summed E-state index contributed by atoms with van der Waals surface area (Å²) in [4.78, 5) is 27.7. The van der Waals surface area contributed by atoms with Gasteiger partial charge in [0.25, 0.3) is 5.91 Å². The highest BCUT2D eigenvalue weighted by Crippen LogP contribution is 2.28. The average molecular weight is 492 g/mol. The number of ether oxygens (including phenoxy) is 1. The topological polar surface area (TPSA) is 84.7 Å². The molecule has 3 aromatic rings. The lowest BCUT2D eigenvalue weighted by atomic mass is 9.89. The number of hydrogen-bond acceptors (Lipinski definition) is 4. The van der Waals surface area contributed by atoms with E-state index in [-0.39, 0.29) is 24.6 Å². The van der Waals surface area contributed by atoms with Crippen LogP contribution in [0.2, 0.25) is 5.02 Å². The van der Waals surface area contributed by atoms with Crippen LogP contribution in [0.3, 0.4) is 0 Å². The highest BCUT2D eigenvalue weighted by Gasteiger charge is 2.32. The number of nitrogens with two attached hydrogens (primary N) is 1. The van der Waals surface area contributed by atoms with E-state index in [1.54, 1.807) is 18.2 Å². The second-order valence-corrected chi connectivity index (χ2v) is 9.21. The number of halogens is 1. The van der Waals surface area contributed by atoms with Crippen LogP contribution in [0, 0.1) is 0 Å². The number of nitrogens with zero attached hydrogens (tertiary/aromatic N) is 1. The largest absolute Gasteiger partial charge is 0.444 e. The molecule has 1 saturated carbocycles. The quantitative estimate of drug-likeness (QED) is 0.424. The molecule has 0 bridgehead atoms. The molecule has 0 heterocycles. The number of hydrogen-bond donors (Lipinski definition) is 2. The SMILES string of the molecule is NC1CCCCC1N(Cc1cc(NC(=O)OCc2ccccc2)ccc1Cl)C(=O)c1ccccc1. The van der Waals surface area contributed by atoms with Gasteiger partial charge in [0.1, 0.15) is 6.61 Å². The number of benzene rings is 3. The Hall–Kier alpha value is -3.35. The lowest BCUT2D eigenvalue weighted by molar-refractivity contribution is 0.0583. The van der Waals surface area contributed by atoms with Gasteiger partial charge in [-0.15, -0.1) is 0 Å². The van der Waals surface area contributed by atoms with E-state index in [2.05, 4.69) is 5.32 Å². The highest BCUT2D eigenvalue weighted by molar-refractivity contribution is 6.31. The molecule has 182 valence electrons. The summed E-state index contributed by atoms with van der Waals surface area (Å²) >= 11 is 6.53. The summed E-state index contributed by atoms with van der Waals surface area (Å²) in [5, 5.41) is 3.27. The van der Waals surface area contributed by atoms with Crippen LogP contribution in [0.4, 0.5) is 10.5 Å². The predicted octanol–water partition coefficient (Wildman–Crippen LogP) is 6.00. The second kappa shape index (κ2) is 11.9. The third-order valence-corrected chi connectivity index (χ3v) is 6.68. The van der Waals surface area contributed by atoms with Crippen LogP contribution in [-0.2, 0) is 17.9 Å². The Morgan fingerprint density at radius 1 is 0.971 bits per heavy atom. The number of anilines is 1. The van der Waals surface area contributed by atoms with Crippen molar-refractivity contribution in [3.05, 3.63) is 101 Å². The van der Waals surface area contributed by atoms with Crippen LogP contribution in [-0.4, -0.2) is 29.0 Å². The van der Waals surface area contributed by atoms with Crippen LogP contribution < -0.4 is 11.1 Å². The molecule has 1 aliphatic rings. The van der Waals surface area contributed by atoms with Gasteiger partial charge in [0.15, 0.2) is 0 Å². The molecule has 1 fully saturated rings. The summed E-state index contributed by atoms with van der Waals surface area (Å²) in [5.74, 6) is -0.0790. The van der Waals surface area contributed by atoms with Crippen molar-refractivity contribution in [3.63, 3.8) is 0 Å². The fourth-order valence-corrected chi connectivity index (χ4v) is 4.62. The number of rotatable bonds is 7. The molecule has 0 radical (unpaired) electrons. The molecule has 3 aromatic carbocycles. The van der Waals surface area contributed by atoms with Crippen molar-refractivity contribution in [1.29, 1.82) is 0 Å². The standard InChI is InChI=1S/C28H30ClN3O3/c29-24-16-15-23(31-28(34)35-19-20-9-3-1-4-10-20)17-22(24)18-32(26-14-8-7-13-25(26)30)27(33)21-11-5-2-6-12-21/h1-6,9-12,15-17,25-26H,7-8,13-14,18-19,30H2,(H,31,34). The summed E-state index contributed by atoms with van der Waals surface area (Å²) in [6, 6.07) is 23.7. The van der Waals surface area contributed by atoms with Gasteiger partial charge >= 0.3 is 6.09 Å². The Kier molecular flexibility index (Phi) is 8.40. The van der Waals surface area contributed by atoms with Gasteiger partial charge < -0.3 is 15.4 Å². The summed E-state index contributed by atoms with van der Waals surface area (Å²) < 4.78 is 5.32. The highest BCUT2D eigenvalue weighted by atomic mass is 35.5. The first-order chi connectivity index (χ1) is 17.0. The molecule has 0 aliphatic heterocycles. The molecule has 2 unspecified atom stereocenters. The first kappa shape index (κ1) is 24.8. The van der Waals surface area contributed by atoms with Gasteiger partial charge in [0, 0.05) is 34.9 Å². The number of nitrogens with one attached hydrogen (secondary N) is 1. The van der Waals surface area contributed by atoms with E-state index >= 15 is 0 Å². The van der Waals surface area contributed by atoms with Crippen molar-refractivity contribution >= 4 is 29.3 Å². The lowest BCUT2D eigenvalue weighted by Gasteiger charge is -2.38. The third-order valence-electron chi connectivity index (χ3n) is 6.31. The Labute approximate surface area is 211 Å². The maximum Gasteiger partial charge on any atom is 0.411 e. The van der Waals surface area contributed by atoms with Gasteiger partial charge in [-0.3, -0.25) is 10.1 Å². The predicted molar refractivity (Wildman–Crippen MR) is 138 cm³/mol. The Balaban J connectivity index is 1.51. The van der Waals surface area contributed by atoms with E-state index in [9.17, 15) is 9.59 Å². The smallest absolute Gasteiger partial charge is 0.411 e. The zero-order valence-electron chi connectivity index (χ0n) is 19.5. The van der Waals surface area contributed by atoms with E-state index in [1.807, 2.05) is 65.6 Å². The molecule has 35 heavy (non-hydrogen) atoms. The van der Waals surface area contributed by atoms with Crippen molar-refractivity contribution in [1.82, 2.24) is 4.90 Å². The van der Waals surface area contributed by atoms with E-state index in [1.165, 1.54) is 0 Å². The molecule has 0 spiro atoms. The van der Waals surface area contributed by atoms with Gasteiger partial charge in [-0.1, -0.05) is 73.0 Å². The minimum Gasteiger partial charge on any atom is -0.444 e. The Morgan fingerprint density at radius 2 is 1.66 bits per heavy atom. The molecule has 2 atom stereocenters. The normalized spacial score (nSPS) is 17.4. The van der Waals surface area contributed by atoms with Crippen LogP contribution in [0.1, 0.15) is 47.2 Å². The van der Waals surface area contributed by atoms with Gasteiger partial charge in [0.2, 0.25) is 0 Å². The van der Waals surface area contributed by atoms with Crippen LogP contribution in [0.5, 0.6) is 0 Å². The van der Waals surface area contributed by atoms with Crippen LogP contribution in [0.25, 0.3) is 0 Å². The lowest BCUT2D eigenvalue weighted by Crippen LogP contribution is -2.51. The van der Waals surface area contributed by atoms with Crippen LogP contribution >= 0.6 is 11.6 Å². The third kappa shape index (κ3) is 6.62. The summed E-state index contributed by atoms with van der Waals surface area (Å²) in [6.07, 6.45) is 3.26. The van der Waals surface area contributed by atoms with Crippen molar-refractivity contribution in [2.24, 2.45) is 5.73 Å². The molecule has 6 nitrogen and oxygen atoms in total. The van der Waals surface area contributed by atoms with E-state index in [4.69, 9.17) is 22.1 Å². The maximum absolute atomic E-state index is 13.5. The van der Waals surface area contributed by atoms with Gasteiger partial charge in [-0.2, -0.15) is 0 Å². The molecular formula is C28H30ClN3O3. The molecular weight excluding hydrogens is 462 g/mol. The first-order valence-corrected chi connectivity index (χ1v) is 12.3. The summed E-state index contributed by atoms with van der Waals surface area (Å²) in [6.45, 7) is 0.464. The number of carbonyl (C=O) groups excluding carboxylic acids is 2. The Morgan fingerprint density at radius 3 is 2.37 bits per heavy atom. The molecule has 1 aliphatic carbocycles. The fraction of sp³-hybridized carbons (Fsp3) is 0.286. The van der Waals surface area contributed by atoms with Crippen molar-refractivity contribution in [2.75, 3.05) is 5.32 Å². The van der Waals surface area contributed by atoms with Crippen molar-refractivity contribution in [3.8, 4) is 0 Å². The molecule has 3 N–H and O–H groups in total. The summed E-state index contributed by atoms with van der Waals surface area (Å²) in [5.41, 5.74) is 9.25. The van der Waals surface area contributed by atoms with Crippen molar-refractivity contribution in [2.45, 2.75) is 50.9 Å². The molecule has 2 amide bonds. The maximum atomic E-state index is 13.5. The molecule has 4 rings (SSSR count). The molecule has 0 aromatic heterocycles. The fourth-order valence-electron chi connectivity index (χ4n) is 4.45. The molecule has 0 saturated heterocycles. The van der Waals surface area contributed by atoms with E-state index in [0.717, 1.165) is 36.8 Å². The van der Waals surface area contributed by atoms with Gasteiger partial charge in [-0.05, 0) is 54.3 Å². The van der Waals surface area contributed by atoms with Crippen molar-refractivity contribution < 1.29 is 14.3 Å². The monoisotopic (exact) mass is 491 g/mol. The second-order valence-electron chi connectivity index (χ2n) is 8.81. The van der Waals surface area contributed by atoms with E-state index < -0.39 is 6.09 Å². The summed E-state index contributed by atoms with van der Waals surface area (Å²) in [7, 11) is 0. The average Bonchev–Trinajstić information content (AvgIpc) is 2.89. The number of amides is 2. The zero-order chi connectivity index (χ0) is 24.6. The zero-order valence-corrected chi connectivity index (χ0v) is 20.3. The molecule has 7 heteroatoms. The van der Waals surface area contributed by atoms with Crippen LogP contribution in [0.15, 0.2) is 78.9 Å². The minimum absolute atomic E-state index is 0.0790.